The lowest BCUT2D eigenvalue weighted by Crippen LogP contribution is -2.08. The molecule has 5 heteroatoms. The first-order valence-electron chi connectivity index (χ1n) is 6.40. The lowest BCUT2D eigenvalue weighted by molar-refractivity contribution is 0.515. The van der Waals surface area contributed by atoms with Gasteiger partial charge in [0.2, 0.25) is 0 Å². The first kappa shape index (κ1) is 11.7. The van der Waals surface area contributed by atoms with Gasteiger partial charge in [0, 0.05) is 17.6 Å². The minimum absolute atomic E-state index is 0.729. The van der Waals surface area contributed by atoms with Crippen molar-refractivity contribution in [3.8, 4) is 5.82 Å². The Balaban J connectivity index is 1.67. The van der Waals surface area contributed by atoms with Crippen LogP contribution in [0.1, 0.15) is 32.1 Å². The molecule has 4 nitrogen and oxygen atoms in total. The Kier molecular flexibility index (Phi) is 3.59. The van der Waals surface area contributed by atoms with Crippen molar-refractivity contribution in [3.63, 3.8) is 0 Å². The molecule has 0 saturated heterocycles. The van der Waals surface area contributed by atoms with Crippen LogP contribution in [-0.2, 0) is 0 Å². The summed E-state index contributed by atoms with van der Waals surface area (Å²) in [5, 5.41) is 10.3. The van der Waals surface area contributed by atoms with Crippen LogP contribution in [0.2, 0.25) is 0 Å². The molecule has 94 valence electrons. The highest BCUT2D eigenvalue weighted by molar-refractivity contribution is 7.99. The van der Waals surface area contributed by atoms with Crippen molar-refractivity contribution in [3.05, 3.63) is 30.9 Å². The van der Waals surface area contributed by atoms with Crippen LogP contribution in [0.25, 0.3) is 5.82 Å². The molecule has 0 aromatic carbocycles. The topological polar surface area (TPSA) is 43.6 Å². The molecule has 2 heterocycles. The molecule has 1 aliphatic carbocycles. The van der Waals surface area contributed by atoms with Gasteiger partial charge in [0.1, 0.15) is 11.4 Å². The van der Waals surface area contributed by atoms with E-state index in [1.54, 1.807) is 12.5 Å². The van der Waals surface area contributed by atoms with E-state index in [1.807, 2.05) is 28.6 Å². The van der Waals surface area contributed by atoms with Crippen molar-refractivity contribution in [1.82, 2.24) is 19.7 Å². The number of thioether (sulfide) groups is 1. The molecule has 3 rings (SSSR count). The first-order chi connectivity index (χ1) is 8.92. The summed E-state index contributed by atoms with van der Waals surface area (Å²) in [7, 11) is 0. The van der Waals surface area contributed by atoms with Gasteiger partial charge in [-0.3, -0.25) is 4.57 Å². The third kappa shape index (κ3) is 2.72. The molecule has 0 amide bonds. The van der Waals surface area contributed by atoms with Gasteiger partial charge in [-0.05, 0) is 25.0 Å². The quantitative estimate of drug-likeness (QED) is 0.850. The van der Waals surface area contributed by atoms with Gasteiger partial charge >= 0.3 is 0 Å². The van der Waals surface area contributed by atoms with Crippen LogP contribution in [0.3, 0.4) is 0 Å². The highest BCUT2D eigenvalue weighted by Crippen LogP contribution is 2.32. The second-order valence-corrected chi connectivity index (χ2v) is 5.90. The molecule has 1 saturated carbocycles. The van der Waals surface area contributed by atoms with Gasteiger partial charge < -0.3 is 0 Å². The number of imidazole rings is 1. The normalized spacial score (nSPS) is 16.9. The number of aromatic nitrogens is 4. The second kappa shape index (κ2) is 5.52. The summed E-state index contributed by atoms with van der Waals surface area (Å²) in [5.74, 6) is 0.820. The molecular formula is C13H16N4S. The van der Waals surface area contributed by atoms with Crippen molar-refractivity contribution < 1.29 is 0 Å². The highest BCUT2D eigenvalue weighted by atomic mass is 32.2. The van der Waals surface area contributed by atoms with Gasteiger partial charge in [0.05, 0.1) is 0 Å². The third-order valence-corrected chi connectivity index (χ3v) is 4.50. The summed E-state index contributed by atoms with van der Waals surface area (Å²) in [6, 6.07) is 4.06. The monoisotopic (exact) mass is 260 g/mol. The molecule has 0 bridgehead atoms. The predicted octanol–water partition coefficient (Wildman–Crippen LogP) is 3.09. The van der Waals surface area contributed by atoms with E-state index in [0.29, 0.717) is 0 Å². The van der Waals surface area contributed by atoms with Gasteiger partial charge in [-0.2, -0.15) is 0 Å². The molecule has 18 heavy (non-hydrogen) atoms. The van der Waals surface area contributed by atoms with Gasteiger partial charge in [0.15, 0.2) is 5.82 Å². The van der Waals surface area contributed by atoms with E-state index in [2.05, 4.69) is 21.2 Å². The van der Waals surface area contributed by atoms with Crippen molar-refractivity contribution in [1.29, 1.82) is 0 Å². The second-order valence-electron chi connectivity index (χ2n) is 4.58. The van der Waals surface area contributed by atoms with Gasteiger partial charge in [0.25, 0.3) is 0 Å². The number of hydrogen-bond acceptors (Lipinski definition) is 4. The summed E-state index contributed by atoms with van der Waals surface area (Å²) in [5.41, 5.74) is 0. The van der Waals surface area contributed by atoms with Gasteiger partial charge in [-0.1, -0.05) is 19.3 Å². The largest absolute Gasteiger partial charge is 0.289 e. The molecule has 0 spiro atoms. The van der Waals surface area contributed by atoms with Crippen LogP contribution in [0.15, 0.2) is 35.9 Å². The van der Waals surface area contributed by atoms with Crippen LogP contribution in [0, 0.1) is 0 Å². The molecule has 0 atom stereocenters. The average Bonchev–Trinajstić information content (AvgIpc) is 2.95. The lowest BCUT2D eigenvalue weighted by Gasteiger charge is -2.20. The van der Waals surface area contributed by atoms with E-state index in [9.17, 15) is 0 Å². The molecule has 2 aromatic rings. The summed E-state index contributed by atoms with van der Waals surface area (Å²) in [6.45, 7) is 0. The molecule has 0 radical (unpaired) electrons. The average molecular weight is 260 g/mol. The van der Waals surface area contributed by atoms with Crippen LogP contribution in [0.5, 0.6) is 0 Å². The molecule has 2 aromatic heterocycles. The van der Waals surface area contributed by atoms with Crippen LogP contribution in [-0.4, -0.2) is 25.0 Å². The smallest absolute Gasteiger partial charge is 0.160 e. The zero-order chi connectivity index (χ0) is 12.2. The Hall–Kier alpha value is -1.36. The van der Waals surface area contributed by atoms with E-state index in [0.717, 1.165) is 16.1 Å². The van der Waals surface area contributed by atoms with E-state index < -0.39 is 0 Å². The Labute approximate surface area is 111 Å². The van der Waals surface area contributed by atoms with Crippen LogP contribution in [0.4, 0.5) is 0 Å². The molecule has 1 fully saturated rings. The maximum absolute atomic E-state index is 4.29. The van der Waals surface area contributed by atoms with E-state index in [4.69, 9.17) is 0 Å². The molecule has 0 N–H and O–H groups in total. The van der Waals surface area contributed by atoms with Crippen molar-refractivity contribution in [2.24, 2.45) is 0 Å². The van der Waals surface area contributed by atoms with E-state index in [-0.39, 0.29) is 0 Å². The molecule has 1 aliphatic rings. The Morgan fingerprint density at radius 1 is 1.11 bits per heavy atom. The summed E-state index contributed by atoms with van der Waals surface area (Å²) >= 11 is 1.87. The predicted molar refractivity (Wildman–Crippen MR) is 71.9 cm³/mol. The van der Waals surface area contributed by atoms with Crippen LogP contribution >= 0.6 is 11.8 Å². The SMILES string of the molecule is c1cn(-c2ccc(SC3CCCCC3)nn2)cn1. The zero-order valence-electron chi connectivity index (χ0n) is 10.2. The van der Waals surface area contributed by atoms with Crippen molar-refractivity contribution >= 4 is 11.8 Å². The number of nitrogens with zero attached hydrogens (tertiary/aromatic N) is 4. The van der Waals surface area contributed by atoms with Gasteiger partial charge in [-0.25, -0.2) is 4.98 Å². The summed E-state index contributed by atoms with van der Waals surface area (Å²) < 4.78 is 1.86. The Morgan fingerprint density at radius 3 is 2.67 bits per heavy atom. The zero-order valence-corrected chi connectivity index (χ0v) is 11.0. The number of hydrogen-bond donors (Lipinski definition) is 0. The molecule has 0 unspecified atom stereocenters. The third-order valence-electron chi connectivity index (χ3n) is 3.23. The first-order valence-corrected chi connectivity index (χ1v) is 7.28. The van der Waals surface area contributed by atoms with Crippen molar-refractivity contribution in [2.45, 2.75) is 42.4 Å². The summed E-state index contributed by atoms with van der Waals surface area (Å²) in [4.78, 5) is 4.00. The fourth-order valence-electron chi connectivity index (χ4n) is 2.26. The van der Waals surface area contributed by atoms with Crippen LogP contribution < -0.4 is 0 Å². The number of rotatable bonds is 3. The maximum Gasteiger partial charge on any atom is 0.160 e. The fraction of sp³-hybridized carbons (Fsp3) is 0.462. The van der Waals surface area contributed by atoms with Gasteiger partial charge in [-0.15, -0.1) is 22.0 Å². The standard InChI is InChI=1S/C13H16N4S/c1-2-4-11(5-3-1)18-13-7-6-12(15-16-13)17-9-8-14-10-17/h6-11H,1-5H2. The molecule has 0 aliphatic heterocycles. The maximum atomic E-state index is 4.29. The Morgan fingerprint density at radius 2 is 2.00 bits per heavy atom. The highest BCUT2D eigenvalue weighted by Gasteiger charge is 2.15. The van der Waals surface area contributed by atoms with E-state index >= 15 is 0 Å². The Bertz CT molecular complexity index is 474. The fourth-order valence-corrected chi connectivity index (χ4v) is 3.41. The van der Waals surface area contributed by atoms with Crippen molar-refractivity contribution in [2.75, 3.05) is 0 Å². The minimum Gasteiger partial charge on any atom is -0.289 e. The van der Waals surface area contributed by atoms with E-state index in [1.165, 1.54) is 32.1 Å². The minimum atomic E-state index is 0.729. The molecular weight excluding hydrogens is 244 g/mol. The summed E-state index contributed by atoms with van der Waals surface area (Å²) in [6.07, 6.45) is 12.1. The lowest BCUT2D eigenvalue weighted by atomic mass is 10.0.